The number of benzene rings is 1. The van der Waals surface area contributed by atoms with Gasteiger partial charge in [-0.3, -0.25) is 4.79 Å². The molecule has 1 rings (SSSR count). The Morgan fingerprint density at radius 3 is 2.55 bits per heavy atom. The van der Waals surface area contributed by atoms with Gasteiger partial charge in [-0.05, 0) is 24.1 Å². The molecule has 1 aromatic rings. The van der Waals surface area contributed by atoms with Gasteiger partial charge in [0.2, 0.25) is 5.91 Å². The van der Waals surface area contributed by atoms with Gasteiger partial charge in [0, 0.05) is 19.4 Å². The summed E-state index contributed by atoms with van der Waals surface area (Å²) in [6, 6.07) is 3.41. The fourth-order valence-corrected chi connectivity index (χ4v) is 1.51. The molecule has 7 heteroatoms. The first-order chi connectivity index (χ1) is 9.40. The molecule has 3 N–H and O–H groups in total. The van der Waals surface area contributed by atoms with Gasteiger partial charge >= 0.3 is 5.97 Å². The molecule has 0 fully saturated rings. The minimum Gasteiger partial charge on any atom is -0.479 e. The highest BCUT2D eigenvalue weighted by molar-refractivity contribution is 5.76. The summed E-state index contributed by atoms with van der Waals surface area (Å²) in [5.41, 5.74) is 0.490. The van der Waals surface area contributed by atoms with Gasteiger partial charge < -0.3 is 15.5 Å². The smallest absolute Gasteiger partial charge is 0.332 e. The highest BCUT2D eigenvalue weighted by Crippen LogP contribution is 2.10. The van der Waals surface area contributed by atoms with Crippen molar-refractivity contribution in [3.63, 3.8) is 0 Å². The summed E-state index contributed by atoms with van der Waals surface area (Å²) in [4.78, 5) is 21.7. The molecular formula is C13H15F2NO4. The minimum atomic E-state index is -1.51. The molecule has 0 saturated heterocycles. The van der Waals surface area contributed by atoms with Crippen LogP contribution in [0.1, 0.15) is 18.4 Å². The number of carboxylic acid groups (broad SMARTS) is 1. The molecule has 0 aliphatic rings. The van der Waals surface area contributed by atoms with E-state index in [0.29, 0.717) is 5.56 Å². The fourth-order valence-electron chi connectivity index (χ4n) is 1.51. The van der Waals surface area contributed by atoms with Gasteiger partial charge in [-0.15, -0.1) is 0 Å². The Bertz CT molecular complexity index is 493. The van der Waals surface area contributed by atoms with Crippen LogP contribution in [0.2, 0.25) is 0 Å². The van der Waals surface area contributed by atoms with Crippen molar-refractivity contribution in [3.05, 3.63) is 35.4 Å². The number of carboxylic acids is 1. The van der Waals surface area contributed by atoms with Crippen molar-refractivity contribution < 1.29 is 28.6 Å². The lowest BCUT2D eigenvalue weighted by Crippen LogP contribution is -2.30. The number of hydrogen-bond donors (Lipinski definition) is 3. The number of nitrogens with one attached hydrogen (secondary N) is 1. The maximum atomic E-state index is 12.9. The minimum absolute atomic E-state index is 0.0318. The maximum Gasteiger partial charge on any atom is 0.332 e. The highest BCUT2D eigenvalue weighted by atomic mass is 19.2. The summed E-state index contributed by atoms with van der Waals surface area (Å²) in [5, 5.41) is 19.8. The van der Waals surface area contributed by atoms with Crippen LogP contribution < -0.4 is 5.32 Å². The molecule has 0 heterocycles. The highest BCUT2D eigenvalue weighted by Gasteiger charge is 2.12. The van der Waals surface area contributed by atoms with Crippen LogP contribution in [0.5, 0.6) is 0 Å². The van der Waals surface area contributed by atoms with E-state index in [9.17, 15) is 18.4 Å². The third-order valence-corrected chi connectivity index (χ3v) is 2.65. The number of carbonyl (C=O) groups excluding carboxylic acids is 1. The Morgan fingerprint density at radius 2 is 1.95 bits per heavy atom. The van der Waals surface area contributed by atoms with Crippen LogP contribution >= 0.6 is 0 Å². The van der Waals surface area contributed by atoms with Gasteiger partial charge in [0.05, 0.1) is 0 Å². The van der Waals surface area contributed by atoms with E-state index in [1.807, 2.05) is 0 Å². The summed E-state index contributed by atoms with van der Waals surface area (Å²) in [5.74, 6) is -3.61. The number of rotatable bonds is 7. The van der Waals surface area contributed by atoms with E-state index in [-0.39, 0.29) is 31.7 Å². The first-order valence-electron chi connectivity index (χ1n) is 6.01. The zero-order chi connectivity index (χ0) is 15.1. The van der Waals surface area contributed by atoms with E-state index in [1.54, 1.807) is 0 Å². The summed E-state index contributed by atoms with van der Waals surface area (Å²) in [6.07, 6.45) is -1.30. The standard InChI is InChI=1S/C13H15F2NO4/c14-9-3-1-8(7-10(9)15)2-4-12(18)16-6-5-11(17)13(19)20/h1,3,7,11,17H,2,4-6H2,(H,16,18)(H,19,20). The van der Waals surface area contributed by atoms with E-state index in [0.717, 1.165) is 12.1 Å². The molecule has 1 unspecified atom stereocenters. The van der Waals surface area contributed by atoms with E-state index >= 15 is 0 Å². The van der Waals surface area contributed by atoms with Crippen LogP contribution in [0.15, 0.2) is 18.2 Å². The SMILES string of the molecule is O=C(CCc1ccc(F)c(F)c1)NCCC(O)C(=O)O. The monoisotopic (exact) mass is 287 g/mol. The number of aryl methyl sites for hydroxylation is 1. The molecule has 20 heavy (non-hydrogen) atoms. The van der Waals surface area contributed by atoms with Gasteiger partial charge in [-0.1, -0.05) is 6.07 Å². The Hall–Kier alpha value is -2.02. The molecule has 5 nitrogen and oxygen atoms in total. The van der Waals surface area contributed by atoms with Gasteiger partial charge in [0.25, 0.3) is 0 Å². The van der Waals surface area contributed by atoms with Crippen LogP contribution in [0.3, 0.4) is 0 Å². The Labute approximate surface area is 114 Å². The summed E-state index contributed by atoms with van der Waals surface area (Å²) < 4.78 is 25.6. The van der Waals surface area contributed by atoms with Crippen LogP contribution in [0.4, 0.5) is 8.78 Å². The lowest BCUT2D eigenvalue weighted by molar-refractivity contribution is -0.147. The molecule has 0 aromatic heterocycles. The normalized spacial score (nSPS) is 11.9. The first kappa shape index (κ1) is 16.0. The van der Waals surface area contributed by atoms with Gasteiger partial charge in [0.15, 0.2) is 17.7 Å². The third-order valence-electron chi connectivity index (χ3n) is 2.65. The predicted octanol–water partition coefficient (Wildman–Crippen LogP) is 0.849. The lowest BCUT2D eigenvalue weighted by atomic mass is 10.1. The predicted molar refractivity (Wildman–Crippen MR) is 65.9 cm³/mol. The van der Waals surface area contributed by atoms with Crippen molar-refractivity contribution in [2.24, 2.45) is 0 Å². The summed E-state index contributed by atoms with van der Waals surface area (Å²) in [7, 11) is 0. The molecule has 0 radical (unpaired) electrons. The first-order valence-corrected chi connectivity index (χ1v) is 6.01. The van der Waals surface area contributed by atoms with E-state index in [2.05, 4.69) is 5.32 Å². The molecule has 0 aliphatic heterocycles. The molecular weight excluding hydrogens is 272 g/mol. The molecule has 0 saturated carbocycles. The van der Waals surface area contributed by atoms with Crippen LogP contribution in [-0.2, 0) is 16.0 Å². The molecule has 1 aromatic carbocycles. The topological polar surface area (TPSA) is 86.6 Å². The van der Waals surface area contributed by atoms with Crippen molar-refractivity contribution in [1.29, 1.82) is 0 Å². The Morgan fingerprint density at radius 1 is 1.25 bits per heavy atom. The van der Waals surface area contributed by atoms with Crippen molar-refractivity contribution in [1.82, 2.24) is 5.32 Å². The largest absolute Gasteiger partial charge is 0.479 e. The van der Waals surface area contributed by atoms with E-state index < -0.39 is 23.7 Å². The van der Waals surface area contributed by atoms with Crippen molar-refractivity contribution >= 4 is 11.9 Å². The second-order valence-electron chi connectivity index (χ2n) is 4.24. The Balaban J connectivity index is 2.29. The Kier molecular flexibility index (Phi) is 6.05. The molecule has 1 atom stereocenters. The average molecular weight is 287 g/mol. The van der Waals surface area contributed by atoms with Gasteiger partial charge in [-0.2, -0.15) is 0 Å². The van der Waals surface area contributed by atoms with Crippen LogP contribution in [0.25, 0.3) is 0 Å². The number of aliphatic hydroxyl groups excluding tert-OH is 1. The second-order valence-corrected chi connectivity index (χ2v) is 4.24. The van der Waals surface area contributed by atoms with Crippen molar-refractivity contribution in [2.75, 3.05) is 6.54 Å². The van der Waals surface area contributed by atoms with Crippen molar-refractivity contribution in [3.8, 4) is 0 Å². The molecule has 0 bridgehead atoms. The number of aliphatic hydroxyl groups is 1. The van der Waals surface area contributed by atoms with Crippen LogP contribution in [0, 0.1) is 11.6 Å². The van der Waals surface area contributed by atoms with Crippen molar-refractivity contribution in [2.45, 2.75) is 25.4 Å². The van der Waals surface area contributed by atoms with E-state index in [4.69, 9.17) is 10.2 Å². The molecule has 110 valence electrons. The van der Waals surface area contributed by atoms with Gasteiger partial charge in [0.1, 0.15) is 0 Å². The maximum absolute atomic E-state index is 12.9. The zero-order valence-corrected chi connectivity index (χ0v) is 10.6. The van der Waals surface area contributed by atoms with Crippen LogP contribution in [-0.4, -0.2) is 34.7 Å². The number of halogens is 2. The average Bonchev–Trinajstić information content (AvgIpc) is 2.40. The second kappa shape index (κ2) is 7.54. The number of carbonyl (C=O) groups is 2. The summed E-state index contributed by atoms with van der Waals surface area (Å²) in [6.45, 7) is 0.0318. The molecule has 0 aliphatic carbocycles. The quantitative estimate of drug-likeness (QED) is 0.694. The third kappa shape index (κ3) is 5.31. The fraction of sp³-hybridized carbons (Fsp3) is 0.385. The number of aliphatic carboxylic acids is 1. The summed E-state index contributed by atoms with van der Waals surface area (Å²) >= 11 is 0. The molecule has 1 amide bonds. The number of hydrogen-bond acceptors (Lipinski definition) is 3. The van der Waals surface area contributed by atoms with E-state index in [1.165, 1.54) is 6.07 Å². The van der Waals surface area contributed by atoms with Gasteiger partial charge in [-0.25, -0.2) is 13.6 Å². The molecule has 0 spiro atoms. The lowest BCUT2D eigenvalue weighted by Gasteiger charge is -2.07. The zero-order valence-electron chi connectivity index (χ0n) is 10.6. The number of amides is 1.